The second kappa shape index (κ2) is 5.35. The van der Waals surface area contributed by atoms with Crippen LogP contribution in [0.5, 0.6) is 11.5 Å². The minimum atomic E-state index is -5.12. The number of carbonyl (C=O) groups excluding carboxylic acids is 2. The number of phenolic OH excluding ortho intramolecular Hbond substituents is 2. The lowest BCUT2D eigenvalue weighted by atomic mass is 9.83. The Labute approximate surface area is 145 Å². The smallest absolute Gasteiger partial charge is 0.301 e. The molecule has 0 heterocycles. The van der Waals surface area contributed by atoms with Gasteiger partial charge in [-0.25, -0.2) is 0 Å². The van der Waals surface area contributed by atoms with Gasteiger partial charge in [0.25, 0.3) is 10.1 Å². The minimum Gasteiger partial charge on any atom is -0.506 e. The summed E-state index contributed by atoms with van der Waals surface area (Å²) in [5, 5.41) is 19.8. The van der Waals surface area contributed by atoms with Crippen LogP contribution in [0.2, 0.25) is 0 Å². The molecule has 0 fully saturated rings. The predicted molar refractivity (Wildman–Crippen MR) is 82.7 cm³/mol. The fourth-order valence-corrected chi connectivity index (χ4v) is 3.83. The molecule has 4 N–H and O–H groups in total. The zero-order chi connectivity index (χ0) is 19.6. The molecule has 10 nitrogen and oxygen atoms in total. The summed E-state index contributed by atoms with van der Waals surface area (Å²) in [6.07, 6.45) is 0. The van der Waals surface area contributed by atoms with Crippen LogP contribution < -0.4 is 0 Å². The topological polar surface area (TPSA) is 183 Å². The van der Waals surface area contributed by atoms with Crippen molar-refractivity contribution in [3.05, 3.63) is 46.5 Å². The van der Waals surface area contributed by atoms with Crippen molar-refractivity contribution < 1.29 is 45.7 Å². The van der Waals surface area contributed by atoms with Crippen molar-refractivity contribution in [2.75, 3.05) is 0 Å². The number of hydrogen-bond acceptors (Lipinski definition) is 8. The van der Waals surface area contributed by atoms with Crippen molar-refractivity contribution in [2.24, 2.45) is 0 Å². The van der Waals surface area contributed by atoms with Gasteiger partial charge in [0.05, 0.1) is 10.5 Å². The quantitative estimate of drug-likeness (QED) is 0.438. The Morgan fingerprint density at radius 3 is 1.88 bits per heavy atom. The van der Waals surface area contributed by atoms with Gasteiger partial charge in [0, 0.05) is 16.7 Å². The first-order valence-corrected chi connectivity index (χ1v) is 9.49. The van der Waals surface area contributed by atoms with Gasteiger partial charge in [-0.1, -0.05) is 0 Å². The van der Waals surface area contributed by atoms with Gasteiger partial charge in [-0.15, -0.1) is 0 Å². The molecule has 0 saturated heterocycles. The molecule has 3 rings (SSSR count). The van der Waals surface area contributed by atoms with Gasteiger partial charge in [0.15, 0.2) is 22.2 Å². The Morgan fingerprint density at radius 1 is 0.731 bits per heavy atom. The summed E-state index contributed by atoms with van der Waals surface area (Å²) in [4.78, 5) is 23.1. The van der Waals surface area contributed by atoms with E-state index in [0.29, 0.717) is 6.07 Å². The summed E-state index contributed by atoms with van der Waals surface area (Å²) in [5.41, 5.74) is -2.17. The predicted octanol–water partition coefficient (Wildman–Crippen LogP) is 0.367. The van der Waals surface area contributed by atoms with Crippen molar-refractivity contribution >= 4 is 31.8 Å². The van der Waals surface area contributed by atoms with Crippen LogP contribution in [0.4, 0.5) is 0 Å². The fourth-order valence-electron chi connectivity index (χ4n) is 2.65. The van der Waals surface area contributed by atoms with Gasteiger partial charge in [-0.3, -0.25) is 18.7 Å². The maximum absolute atomic E-state index is 12.5. The van der Waals surface area contributed by atoms with E-state index in [1.807, 2.05) is 0 Å². The second-order valence-corrected chi connectivity index (χ2v) is 8.09. The number of carbonyl (C=O) groups is 2. The van der Waals surface area contributed by atoms with Crippen molar-refractivity contribution in [1.82, 2.24) is 0 Å². The van der Waals surface area contributed by atoms with E-state index in [9.17, 15) is 36.6 Å². The van der Waals surface area contributed by atoms with E-state index in [4.69, 9.17) is 9.11 Å². The first-order chi connectivity index (χ1) is 11.8. The highest BCUT2D eigenvalue weighted by Gasteiger charge is 2.37. The normalized spacial score (nSPS) is 14.1. The summed E-state index contributed by atoms with van der Waals surface area (Å²) in [6.45, 7) is 0. The number of phenols is 2. The first-order valence-electron chi connectivity index (χ1n) is 6.61. The standard InChI is InChI=1S/C14H8O10S2/c15-9-4-8-10(13(18)14(9)26(22,23)24)12(17)6-2-1-5(25(19,20)21)3-7(6)11(8)16/h1-4,15,18H,(H,19,20,21)(H,22,23,24). The number of rotatable bonds is 2. The van der Waals surface area contributed by atoms with E-state index in [1.54, 1.807) is 0 Å². The molecule has 1 aliphatic rings. The Kier molecular flexibility index (Phi) is 3.70. The van der Waals surface area contributed by atoms with Crippen LogP contribution in [0.15, 0.2) is 34.1 Å². The lowest BCUT2D eigenvalue weighted by molar-refractivity contribution is 0.0975. The molecule has 0 radical (unpaired) electrons. The van der Waals surface area contributed by atoms with Crippen LogP contribution in [0.1, 0.15) is 31.8 Å². The summed E-state index contributed by atoms with van der Waals surface area (Å²) < 4.78 is 63.1. The average Bonchev–Trinajstić information content (AvgIpc) is 2.49. The zero-order valence-corrected chi connectivity index (χ0v) is 14.0. The molecular weight excluding hydrogens is 392 g/mol. The van der Waals surface area contributed by atoms with Gasteiger partial charge in [-0.05, 0) is 24.3 Å². The molecule has 0 atom stereocenters. The zero-order valence-electron chi connectivity index (χ0n) is 12.4. The lowest BCUT2D eigenvalue weighted by Gasteiger charge is -2.20. The SMILES string of the molecule is O=C1c2cc(S(=O)(=O)O)ccc2C(=O)c2c1cc(O)c(S(=O)(=O)O)c2O. The Balaban J connectivity index is 2.37. The average molecular weight is 400 g/mol. The molecular formula is C14H8O10S2. The van der Waals surface area contributed by atoms with Crippen LogP contribution in [0.3, 0.4) is 0 Å². The van der Waals surface area contributed by atoms with Crippen molar-refractivity contribution in [2.45, 2.75) is 9.79 Å². The van der Waals surface area contributed by atoms with Gasteiger partial charge in [-0.2, -0.15) is 16.8 Å². The third-order valence-electron chi connectivity index (χ3n) is 3.74. The maximum Gasteiger partial charge on any atom is 0.301 e. The highest BCUT2D eigenvalue weighted by molar-refractivity contribution is 7.86. The molecule has 26 heavy (non-hydrogen) atoms. The molecule has 136 valence electrons. The van der Waals surface area contributed by atoms with Crippen LogP contribution in [-0.4, -0.2) is 47.7 Å². The number of fused-ring (bicyclic) bond motifs is 2. The highest BCUT2D eigenvalue weighted by Crippen LogP contribution is 2.41. The van der Waals surface area contributed by atoms with Gasteiger partial charge < -0.3 is 10.2 Å². The van der Waals surface area contributed by atoms with Crippen LogP contribution in [-0.2, 0) is 20.2 Å². The monoisotopic (exact) mass is 400 g/mol. The molecule has 0 amide bonds. The summed E-state index contributed by atoms with van der Waals surface area (Å²) in [7, 11) is -9.79. The molecule has 2 aromatic rings. The van der Waals surface area contributed by atoms with Crippen LogP contribution >= 0.6 is 0 Å². The van der Waals surface area contributed by atoms with Gasteiger partial charge >= 0.3 is 10.1 Å². The largest absolute Gasteiger partial charge is 0.506 e. The van der Waals surface area contributed by atoms with E-state index in [0.717, 1.165) is 18.2 Å². The highest BCUT2D eigenvalue weighted by atomic mass is 32.2. The van der Waals surface area contributed by atoms with Gasteiger partial charge in [0.1, 0.15) is 5.75 Å². The molecule has 12 heteroatoms. The third kappa shape index (κ3) is 2.55. The Morgan fingerprint density at radius 2 is 1.35 bits per heavy atom. The van der Waals surface area contributed by atoms with E-state index in [-0.39, 0.29) is 5.56 Å². The maximum atomic E-state index is 12.5. The molecule has 1 aliphatic carbocycles. The summed E-state index contributed by atoms with van der Waals surface area (Å²) >= 11 is 0. The number of ketones is 2. The first kappa shape index (κ1) is 18.0. The van der Waals surface area contributed by atoms with E-state index < -0.39 is 69.8 Å². The summed E-state index contributed by atoms with van der Waals surface area (Å²) in [6, 6.07) is 3.03. The number of benzene rings is 2. The van der Waals surface area contributed by atoms with Crippen molar-refractivity contribution in [1.29, 1.82) is 0 Å². The van der Waals surface area contributed by atoms with E-state index in [2.05, 4.69) is 0 Å². The third-order valence-corrected chi connectivity index (χ3v) is 5.51. The van der Waals surface area contributed by atoms with E-state index >= 15 is 0 Å². The lowest BCUT2D eigenvalue weighted by Crippen LogP contribution is -2.22. The molecule has 0 aromatic heterocycles. The van der Waals surface area contributed by atoms with Crippen LogP contribution in [0, 0.1) is 0 Å². The second-order valence-electron chi connectivity index (χ2n) is 5.31. The Hall–Kier alpha value is -2.80. The van der Waals surface area contributed by atoms with Crippen molar-refractivity contribution in [3.8, 4) is 11.5 Å². The summed E-state index contributed by atoms with van der Waals surface area (Å²) in [5.74, 6) is -4.55. The number of hydrogen-bond donors (Lipinski definition) is 4. The molecule has 0 bridgehead atoms. The molecule has 0 spiro atoms. The fraction of sp³-hybridized carbons (Fsp3) is 0. The van der Waals surface area contributed by atoms with Gasteiger partial charge in [0.2, 0.25) is 0 Å². The Bertz CT molecular complexity index is 1220. The molecule has 2 aromatic carbocycles. The number of aromatic hydroxyl groups is 2. The molecule has 0 saturated carbocycles. The molecule has 0 unspecified atom stereocenters. The van der Waals surface area contributed by atoms with Crippen LogP contribution in [0.25, 0.3) is 0 Å². The van der Waals surface area contributed by atoms with E-state index in [1.165, 1.54) is 0 Å². The van der Waals surface area contributed by atoms with Crippen molar-refractivity contribution in [3.63, 3.8) is 0 Å². The molecule has 0 aliphatic heterocycles. The minimum absolute atomic E-state index is 0.364.